The molecule has 0 bridgehead atoms. The van der Waals surface area contributed by atoms with E-state index in [4.69, 9.17) is 5.26 Å². The van der Waals surface area contributed by atoms with E-state index in [1.165, 1.54) is 26.2 Å². The van der Waals surface area contributed by atoms with E-state index < -0.39 is 17.7 Å². The molecular formula is C27H24FN9O2. The van der Waals surface area contributed by atoms with Gasteiger partial charge >= 0.3 is 0 Å². The fourth-order valence-corrected chi connectivity index (χ4v) is 3.82. The third-order valence-corrected chi connectivity index (χ3v) is 6.04. The summed E-state index contributed by atoms with van der Waals surface area (Å²) in [5.41, 5.74) is 1.85. The van der Waals surface area contributed by atoms with Crippen LogP contribution in [-0.4, -0.2) is 58.5 Å². The minimum Gasteiger partial charge on any atom is -0.387 e. The molecule has 39 heavy (non-hydrogen) atoms. The van der Waals surface area contributed by atoms with Crippen LogP contribution in [0.1, 0.15) is 29.8 Å². The first-order valence-corrected chi connectivity index (χ1v) is 12.0. The molecule has 5 heterocycles. The molecule has 0 aliphatic heterocycles. The molecule has 1 atom stereocenters. The number of carbonyl (C=O) groups is 1. The van der Waals surface area contributed by atoms with Crippen LogP contribution >= 0.6 is 0 Å². The molecule has 0 aliphatic carbocycles. The number of fused-ring (bicyclic) bond motifs is 1. The van der Waals surface area contributed by atoms with Gasteiger partial charge in [0.05, 0.1) is 63.9 Å². The van der Waals surface area contributed by atoms with Crippen molar-refractivity contribution in [1.82, 2.24) is 34.4 Å². The Morgan fingerprint density at radius 3 is 2.72 bits per heavy atom. The van der Waals surface area contributed by atoms with Crippen molar-refractivity contribution in [3.05, 3.63) is 84.8 Å². The lowest BCUT2D eigenvalue weighted by Gasteiger charge is -2.22. The van der Waals surface area contributed by atoms with Gasteiger partial charge in [0.2, 0.25) is 0 Å². The summed E-state index contributed by atoms with van der Waals surface area (Å²) in [5, 5.41) is 29.1. The van der Waals surface area contributed by atoms with Crippen LogP contribution in [0.3, 0.4) is 0 Å². The lowest BCUT2D eigenvalue weighted by atomic mass is 10.0. The molecule has 0 radical (unpaired) electrons. The predicted octanol–water partition coefficient (Wildman–Crippen LogP) is 3.43. The van der Waals surface area contributed by atoms with Crippen LogP contribution in [0.2, 0.25) is 0 Å². The second-order valence-electron chi connectivity index (χ2n) is 9.36. The summed E-state index contributed by atoms with van der Waals surface area (Å²) in [5.74, 6) is 0.0951. The quantitative estimate of drug-likeness (QED) is 0.279. The number of rotatable bonds is 8. The number of halogens is 1. The maximum Gasteiger partial charge on any atom is 0.255 e. The molecule has 0 saturated carbocycles. The highest BCUT2D eigenvalue weighted by Gasteiger charge is 2.27. The summed E-state index contributed by atoms with van der Waals surface area (Å²) in [6.07, 6.45) is 7.85. The molecule has 196 valence electrons. The molecule has 0 saturated heterocycles. The fraction of sp³-hybridized carbons (Fsp3) is 0.185. The van der Waals surface area contributed by atoms with E-state index >= 15 is 0 Å². The molecule has 0 aliphatic rings. The Morgan fingerprint density at radius 1 is 1.18 bits per heavy atom. The Balaban J connectivity index is 1.49. The third kappa shape index (κ3) is 5.43. The minimum absolute atomic E-state index is 0.168. The van der Waals surface area contributed by atoms with Gasteiger partial charge in [0.1, 0.15) is 24.4 Å². The summed E-state index contributed by atoms with van der Waals surface area (Å²) in [7, 11) is 0. The number of anilines is 2. The number of nitriles is 1. The predicted molar refractivity (Wildman–Crippen MR) is 141 cm³/mol. The summed E-state index contributed by atoms with van der Waals surface area (Å²) < 4.78 is 17.7. The van der Waals surface area contributed by atoms with E-state index in [9.17, 15) is 14.3 Å². The average Bonchev–Trinajstić information content (AvgIpc) is 3.61. The zero-order chi connectivity index (χ0) is 27.6. The summed E-state index contributed by atoms with van der Waals surface area (Å²) in [6.45, 7) is 2.30. The Morgan fingerprint density at radius 2 is 2.03 bits per heavy atom. The molecule has 11 nitrogen and oxygen atoms in total. The Bertz CT molecular complexity index is 1670. The van der Waals surface area contributed by atoms with E-state index in [1.807, 2.05) is 12.1 Å². The number of nitrogens with zero attached hydrogens (tertiary/aromatic N) is 7. The first kappa shape index (κ1) is 25.5. The van der Waals surface area contributed by atoms with Crippen LogP contribution in [0, 0.1) is 11.3 Å². The smallest absolute Gasteiger partial charge is 0.255 e. The number of aliphatic hydroxyl groups is 1. The number of hydrogen-bond donors (Lipinski definition) is 3. The van der Waals surface area contributed by atoms with Gasteiger partial charge in [-0.3, -0.25) is 14.3 Å². The molecule has 5 rings (SSSR count). The van der Waals surface area contributed by atoms with Crippen molar-refractivity contribution < 1.29 is 14.3 Å². The summed E-state index contributed by atoms with van der Waals surface area (Å²) in [6, 6.07) is 12.7. The largest absolute Gasteiger partial charge is 0.387 e. The number of hydrogen-bond acceptors (Lipinski definition) is 8. The molecule has 0 fully saturated rings. The first-order chi connectivity index (χ1) is 18.7. The maximum atomic E-state index is 14.3. The SMILES string of the molecule is CC(C)(O)C(F)CNC(=O)c1cnc(-c2ccc3cc(C#N)cnn23)cc1Nc1ccc(-n2ccnc2)nc1. The number of imidazole rings is 1. The topological polar surface area (TPSA) is 146 Å². The summed E-state index contributed by atoms with van der Waals surface area (Å²) in [4.78, 5) is 26.0. The minimum atomic E-state index is -1.67. The Hall–Kier alpha value is -5.15. The molecule has 3 N–H and O–H groups in total. The zero-order valence-electron chi connectivity index (χ0n) is 21.1. The van der Waals surface area contributed by atoms with Crippen LogP contribution in [0.4, 0.5) is 15.8 Å². The highest BCUT2D eigenvalue weighted by Crippen LogP contribution is 2.28. The van der Waals surface area contributed by atoms with Crippen molar-refractivity contribution in [3.63, 3.8) is 0 Å². The molecule has 0 aromatic carbocycles. The lowest BCUT2D eigenvalue weighted by Crippen LogP contribution is -2.42. The Kier molecular flexibility index (Phi) is 6.74. The van der Waals surface area contributed by atoms with Crippen LogP contribution < -0.4 is 10.6 Å². The van der Waals surface area contributed by atoms with Crippen LogP contribution in [-0.2, 0) is 0 Å². The van der Waals surface area contributed by atoms with Gasteiger partial charge in [-0.2, -0.15) is 10.4 Å². The zero-order valence-corrected chi connectivity index (χ0v) is 21.1. The lowest BCUT2D eigenvalue weighted by molar-refractivity contribution is -0.00177. The Labute approximate surface area is 222 Å². The maximum absolute atomic E-state index is 14.3. The molecule has 12 heteroatoms. The van der Waals surface area contributed by atoms with Crippen molar-refractivity contribution in [2.45, 2.75) is 25.6 Å². The highest BCUT2D eigenvalue weighted by atomic mass is 19.1. The average molecular weight is 526 g/mol. The van der Waals surface area contributed by atoms with Crippen LogP contribution in [0.15, 0.2) is 73.7 Å². The molecule has 1 unspecified atom stereocenters. The number of alkyl halides is 1. The highest BCUT2D eigenvalue weighted by molar-refractivity contribution is 6.00. The molecule has 5 aromatic heterocycles. The molecular weight excluding hydrogens is 501 g/mol. The van der Waals surface area contributed by atoms with E-state index in [-0.39, 0.29) is 12.1 Å². The van der Waals surface area contributed by atoms with Gasteiger partial charge in [-0.15, -0.1) is 0 Å². The number of aromatic nitrogens is 6. The fourth-order valence-electron chi connectivity index (χ4n) is 3.82. The van der Waals surface area contributed by atoms with Crippen molar-refractivity contribution in [1.29, 1.82) is 5.26 Å². The second kappa shape index (κ2) is 10.3. The first-order valence-electron chi connectivity index (χ1n) is 12.0. The van der Waals surface area contributed by atoms with Gasteiger partial charge in [-0.1, -0.05) is 0 Å². The van der Waals surface area contributed by atoms with E-state index in [0.29, 0.717) is 39.7 Å². The van der Waals surface area contributed by atoms with Gasteiger partial charge in [-0.25, -0.2) is 18.9 Å². The van der Waals surface area contributed by atoms with Gasteiger partial charge in [0.25, 0.3) is 5.91 Å². The van der Waals surface area contributed by atoms with Gasteiger partial charge < -0.3 is 15.7 Å². The standard InChI is InChI=1S/C27H24FN9O2/c1-27(2,39)24(28)15-33-26(38)20-14-31-22(23-5-4-19-9-17(11-29)12-34-37(19)23)10-21(20)35-18-3-6-25(32-13-18)36-8-7-30-16-36/h3-10,12-14,16,24,39H,15H2,1-2H3,(H,31,35)(H,33,38). The van der Waals surface area contributed by atoms with E-state index in [1.54, 1.807) is 58.3 Å². The van der Waals surface area contributed by atoms with Crippen molar-refractivity contribution in [2.75, 3.05) is 11.9 Å². The monoisotopic (exact) mass is 525 g/mol. The third-order valence-electron chi connectivity index (χ3n) is 6.04. The van der Waals surface area contributed by atoms with Crippen molar-refractivity contribution in [3.8, 4) is 23.3 Å². The van der Waals surface area contributed by atoms with E-state index in [2.05, 4.69) is 36.8 Å². The molecule has 1 amide bonds. The van der Waals surface area contributed by atoms with Crippen molar-refractivity contribution in [2.24, 2.45) is 0 Å². The van der Waals surface area contributed by atoms with Gasteiger partial charge in [0.15, 0.2) is 0 Å². The van der Waals surface area contributed by atoms with Gasteiger partial charge in [0, 0.05) is 18.6 Å². The second-order valence-corrected chi connectivity index (χ2v) is 9.36. The van der Waals surface area contributed by atoms with Gasteiger partial charge in [-0.05, 0) is 50.2 Å². The van der Waals surface area contributed by atoms with Crippen molar-refractivity contribution >= 4 is 22.8 Å². The summed E-state index contributed by atoms with van der Waals surface area (Å²) >= 11 is 0. The number of carbonyl (C=O) groups excluding carboxylic acids is 1. The number of nitrogens with one attached hydrogen (secondary N) is 2. The molecule has 0 spiro atoms. The van der Waals surface area contributed by atoms with E-state index in [0.717, 1.165) is 0 Å². The number of amides is 1. The van der Waals surface area contributed by atoms with Crippen LogP contribution in [0.5, 0.6) is 0 Å². The molecule has 5 aromatic rings. The normalized spacial score (nSPS) is 12.2. The number of pyridine rings is 2. The van der Waals surface area contributed by atoms with Crippen LogP contribution in [0.25, 0.3) is 22.7 Å².